The zero-order valence-electron chi connectivity index (χ0n) is 28.2. The second-order valence-electron chi connectivity index (χ2n) is 14.5. The summed E-state index contributed by atoms with van der Waals surface area (Å²) in [4.78, 5) is 15.0. The number of benzene rings is 5. The molecule has 1 unspecified atom stereocenters. The molecule has 2 aliphatic rings. The Morgan fingerprint density at radius 3 is 1.45 bits per heavy atom. The molecule has 4 atom stereocenters. The summed E-state index contributed by atoms with van der Waals surface area (Å²) in [5, 5.41) is 9.45. The zero-order valence-corrected chi connectivity index (χ0v) is 28.2. The SMILES string of the molecule is C[C@@H]1C[C@@H]2C[C@H](C)CC(c3ccc(-c4cc(-c5ccc(C#N)cc5)cc(-c5nc(-c6ccccc6)nc(-c6ccccc6)n5)c4)cc3)(C1)C2. The lowest BCUT2D eigenvalue weighted by Crippen LogP contribution is -2.42. The van der Waals surface area contributed by atoms with Crippen LogP contribution in [0.3, 0.4) is 0 Å². The van der Waals surface area contributed by atoms with E-state index in [1.807, 2.05) is 84.9 Å². The maximum Gasteiger partial charge on any atom is 0.164 e. The van der Waals surface area contributed by atoms with Crippen molar-refractivity contribution in [3.8, 4) is 62.5 Å². The van der Waals surface area contributed by atoms with E-state index in [9.17, 15) is 5.26 Å². The van der Waals surface area contributed by atoms with Gasteiger partial charge in [-0.25, -0.2) is 15.0 Å². The standard InChI is InChI=1S/C45H40N4/c1-30-21-33-22-31(2)27-45(26-30,28-33)41-19-17-35(18-20-41)39-23-38(34-15-13-32(29-46)14-16-34)24-40(25-39)44-48-42(36-9-5-3-6-10-36)47-43(49-44)37-11-7-4-8-12-37/h3-20,23-25,30-31,33H,21-22,26-28H2,1-2H3/t30-,31+,33-,45?. The summed E-state index contributed by atoms with van der Waals surface area (Å²) in [5.41, 5.74) is 9.60. The average molecular weight is 637 g/mol. The van der Waals surface area contributed by atoms with Crippen molar-refractivity contribution in [2.75, 3.05) is 0 Å². The molecule has 2 bridgehead atoms. The van der Waals surface area contributed by atoms with Crippen molar-refractivity contribution in [3.63, 3.8) is 0 Å². The van der Waals surface area contributed by atoms with Crippen LogP contribution in [0.1, 0.15) is 57.1 Å². The van der Waals surface area contributed by atoms with E-state index in [1.54, 1.807) is 0 Å². The van der Waals surface area contributed by atoms with Crippen molar-refractivity contribution in [2.24, 2.45) is 17.8 Å². The third kappa shape index (κ3) is 6.30. The van der Waals surface area contributed by atoms with Crippen LogP contribution in [0.25, 0.3) is 56.4 Å². The molecule has 49 heavy (non-hydrogen) atoms. The molecule has 1 heterocycles. The predicted octanol–water partition coefficient (Wildman–Crippen LogP) is 11.2. The summed E-state index contributed by atoms with van der Waals surface area (Å²) in [6.07, 6.45) is 6.66. The fraction of sp³-hybridized carbons (Fsp3) is 0.244. The molecule has 2 aliphatic carbocycles. The number of aromatic nitrogens is 3. The molecule has 4 nitrogen and oxygen atoms in total. The molecule has 0 aliphatic heterocycles. The van der Waals surface area contributed by atoms with Crippen molar-refractivity contribution >= 4 is 0 Å². The highest BCUT2D eigenvalue weighted by atomic mass is 15.0. The van der Waals surface area contributed by atoms with Crippen LogP contribution in [-0.2, 0) is 5.41 Å². The molecule has 0 amide bonds. The van der Waals surface area contributed by atoms with E-state index in [0.717, 1.165) is 51.1 Å². The van der Waals surface area contributed by atoms with Gasteiger partial charge in [0.25, 0.3) is 0 Å². The van der Waals surface area contributed by atoms with Crippen molar-refractivity contribution in [1.29, 1.82) is 5.26 Å². The lowest BCUT2D eigenvalue weighted by Gasteiger charge is -2.50. The molecule has 2 fully saturated rings. The van der Waals surface area contributed by atoms with Gasteiger partial charge in [0.2, 0.25) is 0 Å². The average Bonchev–Trinajstić information content (AvgIpc) is 3.14. The Bertz CT molecular complexity index is 2050. The topological polar surface area (TPSA) is 62.5 Å². The molecule has 5 aromatic carbocycles. The Labute approximate surface area is 289 Å². The molecule has 0 N–H and O–H groups in total. The summed E-state index contributed by atoms with van der Waals surface area (Å²) >= 11 is 0. The molecule has 4 heteroatoms. The maximum atomic E-state index is 9.45. The molecular formula is C45H40N4. The van der Waals surface area contributed by atoms with E-state index in [-0.39, 0.29) is 0 Å². The van der Waals surface area contributed by atoms with Gasteiger partial charge in [-0.3, -0.25) is 0 Å². The smallest absolute Gasteiger partial charge is 0.164 e. The van der Waals surface area contributed by atoms with Crippen LogP contribution >= 0.6 is 0 Å². The van der Waals surface area contributed by atoms with Gasteiger partial charge in [-0.1, -0.05) is 111 Å². The van der Waals surface area contributed by atoms with Gasteiger partial charge >= 0.3 is 0 Å². The molecule has 0 radical (unpaired) electrons. The van der Waals surface area contributed by atoms with E-state index >= 15 is 0 Å². The largest absolute Gasteiger partial charge is 0.208 e. The number of nitriles is 1. The fourth-order valence-electron chi connectivity index (χ4n) is 8.84. The fourth-order valence-corrected chi connectivity index (χ4v) is 8.84. The maximum absolute atomic E-state index is 9.45. The van der Waals surface area contributed by atoms with Gasteiger partial charge in [0.05, 0.1) is 11.6 Å². The van der Waals surface area contributed by atoms with Gasteiger partial charge in [-0.05, 0) is 113 Å². The van der Waals surface area contributed by atoms with Crippen LogP contribution in [0.4, 0.5) is 0 Å². The first-order valence-corrected chi connectivity index (χ1v) is 17.6. The Kier molecular flexibility index (Phi) is 8.14. The van der Waals surface area contributed by atoms with E-state index in [2.05, 4.69) is 62.4 Å². The summed E-state index contributed by atoms with van der Waals surface area (Å²) in [6.45, 7) is 4.91. The van der Waals surface area contributed by atoms with E-state index in [4.69, 9.17) is 15.0 Å². The van der Waals surface area contributed by atoms with Crippen molar-refractivity contribution in [2.45, 2.75) is 51.4 Å². The number of fused-ring (bicyclic) bond motifs is 2. The van der Waals surface area contributed by atoms with E-state index < -0.39 is 0 Å². The molecule has 2 saturated carbocycles. The quantitative estimate of drug-likeness (QED) is 0.182. The summed E-state index contributed by atoms with van der Waals surface area (Å²) in [6, 6.07) is 46.3. The zero-order chi connectivity index (χ0) is 33.4. The first kappa shape index (κ1) is 30.9. The van der Waals surface area contributed by atoms with Gasteiger partial charge in [-0.2, -0.15) is 5.26 Å². The van der Waals surface area contributed by atoms with Crippen LogP contribution in [-0.4, -0.2) is 15.0 Å². The second kappa shape index (κ2) is 12.9. The number of hydrogen-bond donors (Lipinski definition) is 0. The highest BCUT2D eigenvalue weighted by Crippen LogP contribution is 2.54. The highest BCUT2D eigenvalue weighted by molar-refractivity contribution is 5.80. The van der Waals surface area contributed by atoms with Crippen LogP contribution in [0.15, 0.2) is 127 Å². The molecule has 0 saturated heterocycles. The van der Waals surface area contributed by atoms with Crippen molar-refractivity contribution in [1.82, 2.24) is 15.0 Å². The highest BCUT2D eigenvalue weighted by Gasteiger charge is 2.45. The molecule has 6 aromatic rings. The monoisotopic (exact) mass is 636 g/mol. The molecular weight excluding hydrogens is 597 g/mol. The van der Waals surface area contributed by atoms with Crippen LogP contribution in [0, 0.1) is 29.1 Å². The van der Waals surface area contributed by atoms with Gasteiger partial charge < -0.3 is 0 Å². The first-order chi connectivity index (χ1) is 23.9. The summed E-state index contributed by atoms with van der Waals surface area (Å²) < 4.78 is 0. The van der Waals surface area contributed by atoms with Crippen LogP contribution in [0.2, 0.25) is 0 Å². The molecule has 0 spiro atoms. The molecule has 1 aromatic heterocycles. The second-order valence-corrected chi connectivity index (χ2v) is 14.5. The Hall–Kier alpha value is -5.40. The number of hydrogen-bond acceptors (Lipinski definition) is 4. The van der Waals surface area contributed by atoms with Gasteiger partial charge in [0, 0.05) is 16.7 Å². The predicted molar refractivity (Wildman–Crippen MR) is 198 cm³/mol. The van der Waals surface area contributed by atoms with Gasteiger partial charge in [0.15, 0.2) is 17.5 Å². The Morgan fingerprint density at radius 2 is 0.959 bits per heavy atom. The Morgan fingerprint density at radius 1 is 0.510 bits per heavy atom. The number of rotatable bonds is 6. The summed E-state index contributed by atoms with van der Waals surface area (Å²) in [7, 11) is 0. The lowest BCUT2D eigenvalue weighted by molar-refractivity contribution is 0.0780. The van der Waals surface area contributed by atoms with Crippen molar-refractivity contribution < 1.29 is 0 Å². The minimum atomic E-state index is 0.292. The Balaban J connectivity index is 1.26. The summed E-state index contributed by atoms with van der Waals surface area (Å²) in [5.74, 6) is 4.30. The minimum absolute atomic E-state index is 0.292. The third-order valence-electron chi connectivity index (χ3n) is 10.7. The van der Waals surface area contributed by atoms with Gasteiger partial charge in [-0.15, -0.1) is 0 Å². The first-order valence-electron chi connectivity index (χ1n) is 17.6. The van der Waals surface area contributed by atoms with Crippen LogP contribution in [0.5, 0.6) is 0 Å². The minimum Gasteiger partial charge on any atom is -0.208 e. The van der Waals surface area contributed by atoms with E-state index in [1.165, 1.54) is 43.2 Å². The van der Waals surface area contributed by atoms with Crippen LogP contribution < -0.4 is 0 Å². The normalized spacial score (nSPS) is 21.5. The molecule has 240 valence electrons. The van der Waals surface area contributed by atoms with Crippen molar-refractivity contribution in [3.05, 3.63) is 139 Å². The van der Waals surface area contributed by atoms with E-state index in [0.29, 0.717) is 28.5 Å². The third-order valence-corrected chi connectivity index (χ3v) is 10.7. The lowest BCUT2D eigenvalue weighted by atomic mass is 9.54. The van der Waals surface area contributed by atoms with Gasteiger partial charge in [0.1, 0.15) is 0 Å². The molecule has 8 rings (SSSR count). The number of nitrogens with zero attached hydrogens (tertiary/aromatic N) is 4.